The fourth-order valence-electron chi connectivity index (χ4n) is 2.20. The molecule has 3 aromatic rings. The van der Waals surface area contributed by atoms with Crippen LogP contribution in [0.5, 0.6) is 0 Å². The number of rotatable bonds is 2. The number of para-hydroxylation sites is 1. The van der Waals surface area contributed by atoms with E-state index in [9.17, 15) is 4.79 Å². The third kappa shape index (κ3) is 2.24. The van der Waals surface area contributed by atoms with E-state index in [0.29, 0.717) is 4.91 Å². The monoisotopic (exact) mass is 310 g/mol. The predicted molar refractivity (Wildman–Crippen MR) is 88.0 cm³/mol. The molecule has 2 heterocycles. The zero-order chi connectivity index (χ0) is 14.2. The lowest BCUT2D eigenvalue weighted by Crippen LogP contribution is -1.97. The molecule has 1 aliphatic rings. The highest BCUT2D eigenvalue weighted by atomic mass is 32.2. The van der Waals surface area contributed by atoms with Crippen LogP contribution in [0.15, 0.2) is 64.5 Å². The first-order chi connectivity index (χ1) is 10.3. The molecule has 0 saturated heterocycles. The zero-order valence-electron chi connectivity index (χ0n) is 10.9. The van der Waals surface area contributed by atoms with E-state index in [1.807, 2.05) is 48.5 Å². The molecule has 4 rings (SSSR count). The Balaban J connectivity index is 1.61. The van der Waals surface area contributed by atoms with Crippen LogP contribution in [-0.2, 0) is 0 Å². The average molecular weight is 310 g/mol. The quantitative estimate of drug-likeness (QED) is 0.706. The largest absolute Gasteiger partial charge is 0.337 e. The number of anilines is 1. The summed E-state index contributed by atoms with van der Waals surface area (Å²) in [4.78, 5) is 18.5. The first-order valence-corrected chi connectivity index (χ1v) is 8.08. The molecule has 0 amide bonds. The van der Waals surface area contributed by atoms with Gasteiger partial charge in [0, 0.05) is 16.7 Å². The number of benzene rings is 2. The Labute approximate surface area is 129 Å². The van der Waals surface area contributed by atoms with Gasteiger partial charge < -0.3 is 5.32 Å². The smallest absolute Gasteiger partial charge is 0.202 e. The van der Waals surface area contributed by atoms with Crippen molar-refractivity contribution in [3.8, 4) is 0 Å². The van der Waals surface area contributed by atoms with Crippen molar-refractivity contribution in [2.24, 2.45) is 0 Å². The van der Waals surface area contributed by atoms with Gasteiger partial charge in [0.05, 0.1) is 15.1 Å². The second-order valence-electron chi connectivity index (χ2n) is 4.57. The maximum absolute atomic E-state index is 12.2. The molecular weight excluding hydrogens is 300 g/mol. The van der Waals surface area contributed by atoms with Crippen LogP contribution in [0.3, 0.4) is 0 Å². The van der Waals surface area contributed by atoms with Crippen molar-refractivity contribution in [3.63, 3.8) is 0 Å². The van der Waals surface area contributed by atoms with Gasteiger partial charge >= 0.3 is 0 Å². The number of nitrogens with zero attached hydrogens (tertiary/aromatic N) is 1. The van der Waals surface area contributed by atoms with Gasteiger partial charge in [-0.1, -0.05) is 47.4 Å². The van der Waals surface area contributed by atoms with Gasteiger partial charge in [-0.2, -0.15) is 0 Å². The number of nitrogens with one attached hydrogen (secondary N) is 1. The summed E-state index contributed by atoms with van der Waals surface area (Å²) < 4.78 is 1.13. The van der Waals surface area contributed by atoms with E-state index in [0.717, 1.165) is 25.8 Å². The van der Waals surface area contributed by atoms with Gasteiger partial charge in [0.1, 0.15) is 0 Å². The Morgan fingerprint density at radius 3 is 2.71 bits per heavy atom. The molecule has 1 aliphatic heterocycles. The van der Waals surface area contributed by atoms with E-state index in [-0.39, 0.29) is 5.78 Å². The molecular formula is C16H10N2OS2. The van der Waals surface area contributed by atoms with Crippen LogP contribution in [-0.4, -0.2) is 10.8 Å². The van der Waals surface area contributed by atoms with Gasteiger partial charge in [0.2, 0.25) is 5.78 Å². The lowest BCUT2D eigenvalue weighted by Gasteiger charge is -1.95. The second kappa shape index (κ2) is 5.02. The van der Waals surface area contributed by atoms with Gasteiger partial charge in [-0.25, -0.2) is 4.98 Å². The van der Waals surface area contributed by atoms with Crippen LogP contribution in [0.1, 0.15) is 10.4 Å². The van der Waals surface area contributed by atoms with Crippen LogP contribution in [0, 0.1) is 0 Å². The van der Waals surface area contributed by atoms with Crippen molar-refractivity contribution in [1.82, 2.24) is 4.98 Å². The molecule has 1 aromatic heterocycles. The minimum absolute atomic E-state index is 0.0733. The Bertz CT molecular complexity index is 850. The van der Waals surface area contributed by atoms with Gasteiger partial charge in [-0.3, -0.25) is 4.79 Å². The fourth-order valence-corrected chi connectivity index (χ4v) is 4.01. The second-order valence-corrected chi connectivity index (χ2v) is 6.68. The van der Waals surface area contributed by atoms with Gasteiger partial charge in [0.15, 0.2) is 5.13 Å². The summed E-state index contributed by atoms with van der Waals surface area (Å²) in [5.41, 5.74) is 1.75. The SMILES string of the molecule is O=C1C(=CNc2nc3ccccc3s2)Sc2ccccc21. The van der Waals surface area contributed by atoms with Gasteiger partial charge in [-0.05, 0) is 24.3 Å². The molecule has 5 heteroatoms. The van der Waals surface area contributed by atoms with Gasteiger partial charge in [-0.15, -0.1) is 0 Å². The van der Waals surface area contributed by atoms with Crippen molar-refractivity contribution in [3.05, 3.63) is 65.2 Å². The van der Waals surface area contributed by atoms with Crippen molar-refractivity contribution in [2.75, 3.05) is 5.32 Å². The molecule has 21 heavy (non-hydrogen) atoms. The van der Waals surface area contributed by atoms with Crippen molar-refractivity contribution in [2.45, 2.75) is 4.90 Å². The van der Waals surface area contributed by atoms with E-state index < -0.39 is 0 Å². The number of ketones is 1. The fraction of sp³-hybridized carbons (Fsp3) is 0. The molecule has 0 atom stereocenters. The zero-order valence-corrected chi connectivity index (χ0v) is 12.5. The lowest BCUT2D eigenvalue weighted by molar-refractivity contribution is 0.104. The molecule has 0 aliphatic carbocycles. The maximum Gasteiger partial charge on any atom is 0.202 e. The minimum atomic E-state index is 0.0733. The molecule has 0 unspecified atom stereocenters. The molecule has 102 valence electrons. The van der Waals surface area contributed by atoms with Crippen molar-refractivity contribution >= 4 is 44.2 Å². The Hall–Kier alpha value is -2.11. The van der Waals surface area contributed by atoms with Crippen molar-refractivity contribution < 1.29 is 4.79 Å². The number of fused-ring (bicyclic) bond motifs is 2. The predicted octanol–water partition coefficient (Wildman–Crippen LogP) is 4.54. The van der Waals surface area contributed by atoms with Crippen LogP contribution < -0.4 is 5.32 Å². The summed E-state index contributed by atoms with van der Waals surface area (Å²) in [5, 5.41) is 3.94. The molecule has 0 saturated carbocycles. The number of allylic oxidation sites excluding steroid dienone is 1. The van der Waals surface area contributed by atoms with Crippen LogP contribution >= 0.6 is 23.1 Å². The summed E-state index contributed by atoms with van der Waals surface area (Å²) in [6.07, 6.45) is 1.75. The number of Topliss-reactive ketones (excluding diaryl/α,β-unsaturated/α-hetero) is 1. The third-order valence-electron chi connectivity index (χ3n) is 3.20. The van der Waals surface area contributed by atoms with Crippen LogP contribution in [0.2, 0.25) is 0 Å². The Morgan fingerprint density at radius 1 is 1.05 bits per heavy atom. The van der Waals surface area contributed by atoms with E-state index in [2.05, 4.69) is 10.3 Å². The summed E-state index contributed by atoms with van der Waals surface area (Å²) in [5.74, 6) is 0.0733. The average Bonchev–Trinajstić information content (AvgIpc) is 3.07. The standard InChI is InChI=1S/C16H10N2OS2/c19-15-10-5-1-3-7-12(10)20-14(15)9-17-16-18-11-6-2-4-8-13(11)21-16/h1-9H,(H,17,18). The molecule has 0 radical (unpaired) electrons. The molecule has 0 bridgehead atoms. The first kappa shape index (κ1) is 12.6. The summed E-state index contributed by atoms with van der Waals surface area (Å²) in [6, 6.07) is 15.7. The summed E-state index contributed by atoms with van der Waals surface area (Å²) in [7, 11) is 0. The van der Waals surface area contributed by atoms with Crippen LogP contribution in [0.4, 0.5) is 5.13 Å². The highest BCUT2D eigenvalue weighted by Crippen LogP contribution is 2.39. The van der Waals surface area contributed by atoms with Crippen molar-refractivity contribution in [1.29, 1.82) is 0 Å². The molecule has 0 spiro atoms. The number of carbonyl (C=O) groups excluding carboxylic acids is 1. The molecule has 1 N–H and O–H groups in total. The van der Waals surface area contributed by atoms with E-state index in [1.54, 1.807) is 17.5 Å². The summed E-state index contributed by atoms with van der Waals surface area (Å²) in [6.45, 7) is 0. The lowest BCUT2D eigenvalue weighted by atomic mass is 10.1. The van der Waals surface area contributed by atoms with E-state index in [4.69, 9.17) is 0 Å². The topological polar surface area (TPSA) is 42.0 Å². The number of hydrogen-bond acceptors (Lipinski definition) is 5. The number of thiazole rings is 1. The van der Waals surface area contributed by atoms with E-state index >= 15 is 0 Å². The number of carbonyl (C=O) groups is 1. The van der Waals surface area contributed by atoms with Gasteiger partial charge in [0.25, 0.3) is 0 Å². The highest BCUT2D eigenvalue weighted by Gasteiger charge is 2.25. The van der Waals surface area contributed by atoms with Crippen LogP contribution in [0.25, 0.3) is 10.2 Å². The maximum atomic E-state index is 12.2. The first-order valence-electron chi connectivity index (χ1n) is 6.45. The molecule has 2 aromatic carbocycles. The summed E-state index contributed by atoms with van der Waals surface area (Å²) >= 11 is 3.07. The van der Waals surface area contributed by atoms with E-state index in [1.165, 1.54) is 11.8 Å². The third-order valence-corrected chi connectivity index (χ3v) is 5.26. The normalized spacial score (nSPS) is 15.6. The highest BCUT2D eigenvalue weighted by molar-refractivity contribution is 8.04. The molecule has 3 nitrogen and oxygen atoms in total. The number of aromatic nitrogens is 1. The minimum Gasteiger partial charge on any atom is -0.337 e. The number of hydrogen-bond donors (Lipinski definition) is 1. The number of thioether (sulfide) groups is 1. The Kier molecular flexibility index (Phi) is 3.02. The Morgan fingerprint density at radius 2 is 1.86 bits per heavy atom. The molecule has 0 fully saturated rings.